The highest BCUT2D eigenvalue weighted by Crippen LogP contribution is 2.31. The van der Waals surface area contributed by atoms with E-state index in [1.165, 1.54) is 12.8 Å². The molecule has 2 aromatic rings. The summed E-state index contributed by atoms with van der Waals surface area (Å²) in [6, 6.07) is 6.38. The summed E-state index contributed by atoms with van der Waals surface area (Å²) in [5.41, 5.74) is 2.09. The van der Waals surface area contributed by atoms with Gasteiger partial charge in [-0.1, -0.05) is 19.8 Å². The first-order valence-electron chi connectivity index (χ1n) is 7.28. The van der Waals surface area contributed by atoms with Crippen LogP contribution in [0, 0.1) is 0 Å². The highest BCUT2D eigenvalue weighted by atomic mass is 35.5. The van der Waals surface area contributed by atoms with Crippen molar-refractivity contribution < 1.29 is 4.74 Å². The molecule has 0 aliphatic rings. The third kappa shape index (κ3) is 2.93. The largest absolute Gasteiger partial charge is 0.497 e. The minimum Gasteiger partial charge on any atom is -0.497 e. The van der Waals surface area contributed by atoms with E-state index in [2.05, 4.69) is 18.4 Å². The average Bonchev–Trinajstić information content (AvgIpc) is 2.83. The fourth-order valence-electron chi connectivity index (χ4n) is 2.59. The van der Waals surface area contributed by atoms with Gasteiger partial charge in [0.1, 0.15) is 11.6 Å². The van der Waals surface area contributed by atoms with Gasteiger partial charge >= 0.3 is 0 Å². The van der Waals surface area contributed by atoms with Gasteiger partial charge in [0.25, 0.3) is 0 Å². The molecule has 0 saturated heterocycles. The second kappa shape index (κ2) is 6.49. The van der Waals surface area contributed by atoms with Crippen molar-refractivity contribution in [3.05, 3.63) is 24.0 Å². The van der Waals surface area contributed by atoms with Gasteiger partial charge in [-0.15, -0.1) is 11.6 Å². The summed E-state index contributed by atoms with van der Waals surface area (Å²) in [6.07, 6.45) is 3.54. The van der Waals surface area contributed by atoms with E-state index >= 15 is 0 Å². The quantitative estimate of drug-likeness (QED) is 0.693. The summed E-state index contributed by atoms with van der Waals surface area (Å²) in [5, 5.41) is -0.0996. The van der Waals surface area contributed by atoms with E-state index in [0.717, 1.165) is 29.0 Å². The Kier molecular flexibility index (Phi) is 4.92. The fourth-order valence-corrected chi connectivity index (χ4v) is 2.74. The number of unbranched alkanes of at least 4 members (excludes halogenated alkanes) is 1. The number of alkyl halides is 1. The van der Waals surface area contributed by atoms with Gasteiger partial charge in [0, 0.05) is 12.1 Å². The molecule has 0 radical (unpaired) electrons. The third-order valence-corrected chi connectivity index (χ3v) is 3.89. The average molecular weight is 295 g/mol. The van der Waals surface area contributed by atoms with E-state index in [4.69, 9.17) is 21.3 Å². The number of imidazole rings is 1. The molecule has 110 valence electrons. The first-order chi connectivity index (χ1) is 9.58. The molecule has 2 rings (SSSR count). The number of fused-ring (bicyclic) bond motifs is 1. The lowest BCUT2D eigenvalue weighted by molar-refractivity contribution is 0.414. The van der Waals surface area contributed by atoms with E-state index in [-0.39, 0.29) is 5.38 Å². The number of hydrogen-bond donors (Lipinski definition) is 0. The van der Waals surface area contributed by atoms with Crippen LogP contribution in [0.15, 0.2) is 18.2 Å². The summed E-state index contributed by atoms with van der Waals surface area (Å²) in [7, 11) is 1.69. The number of hydrogen-bond acceptors (Lipinski definition) is 2. The van der Waals surface area contributed by atoms with E-state index in [1.807, 2.05) is 25.1 Å². The maximum atomic E-state index is 6.32. The van der Waals surface area contributed by atoms with Crippen LogP contribution in [0.25, 0.3) is 11.0 Å². The van der Waals surface area contributed by atoms with Crippen LogP contribution in [0.5, 0.6) is 5.75 Å². The van der Waals surface area contributed by atoms with Crippen molar-refractivity contribution in [2.75, 3.05) is 7.11 Å². The zero-order valence-corrected chi connectivity index (χ0v) is 13.4. The zero-order chi connectivity index (χ0) is 14.7. The Hall–Kier alpha value is -1.22. The molecule has 1 heterocycles. The van der Waals surface area contributed by atoms with Crippen molar-refractivity contribution >= 4 is 22.6 Å². The summed E-state index contributed by atoms with van der Waals surface area (Å²) in [6.45, 7) is 6.43. The minimum atomic E-state index is -0.0996. The Bertz CT molecular complexity index is 577. The predicted molar refractivity (Wildman–Crippen MR) is 84.8 cm³/mol. The van der Waals surface area contributed by atoms with Crippen LogP contribution in [0.4, 0.5) is 0 Å². The highest BCUT2D eigenvalue weighted by Gasteiger charge is 2.19. The van der Waals surface area contributed by atoms with Crippen LogP contribution in [0.2, 0.25) is 0 Å². The fraction of sp³-hybridized carbons (Fsp3) is 0.562. The van der Waals surface area contributed by atoms with Crippen molar-refractivity contribution in [3.63, 3.8) is 0 Å². The van der Waals surface area contributed by atoms with Crippen LogP contribution in [-0.4, -0.2) is 16.7 Å². The first-order valence-corrected chi connectivity index (χ1v) is 7.72. The monoisotopic (exact) mass is 294 g/mol. The Morgan fingerprint density at radius 1 is 1.35 bits per heavy atom. The lowest BCUT2D eigenvalue weighted by Crippen LogP contribution is -2.10. The highest BCUT2D eigenvalue weighted by molar-refractivity contribution is 6.20. The van der Waals surface area contributed by atoms with E-state index < -0.39 is 0 Å². The lowest BCUT2D eigenvalue weighted by Gasteiger charge is -2.18. The molecule has 1 aromatic heterocycles. The Morgan fingerprint density at radius 2 is 2.10 bits per heavy atom. The van der Waals surface area contributed by atoms with Crippen LogP contribution < -0.4 is 4.74 Å². The molecule has 0 spiro atoms. The van der Waals surface area contributed by atoms with E-state index in [1.54, 1.807) is 7.11 Å². The van der Waals surface area contributed by atoms with Gasteiger partial charge < -0.3 is 9.30 Å². The molecule has 4 heteroatoms. The topological polar surface area (TPSA) is 27.1 Å². The SMILES string of the molecule is CCCCC(C)n1c(C(C)Cl)nc2ccc(OC)cc21. The molecule has 0 aliphatic heterocycles. The van der Waals surface area contributed by atoms with Gasteiger partial charge in [0.15, 0.2) is 0 Å². The van der Waals surface area contributed by atoms with Crippen LogP contribution in [0.3, 0.4) is 0 Å². The maximum Gasteiger partial charge on any atom is 0.127 e. The van der Waals surface area contributed by atoms with Gasteiger partial charge in [-0.2, -0.15) is 0 Å². The second-order valence-corrected chi connectivity index (χ2v) is 5.96. The van der Waals surface area contributed by atoms with Gasteiger partial charge in [0.2, 0.25) is 0 Å². The molecule has 0 saturated carbocycles. The summed E-state index contributed by atoms with van der Waals surface area (Å²) in [4.78, 5) is 4.69. The molecule has 0 amide bonds. The van der Waals surface area contributed by atoms with Gasteiger partial charge in [-0.3, -0.25) is 0 Å². The number of benzene rings is 1. The van der Waals surface area contributed by atoms with Crippen molar-refractivity contribution in [1.82, 2.24) is 9.55 Å². The normalized spacial score (nSPS) is 14.4. The Balaban J connectivity index is 2.53. The van der Waals surface area contributed by atoms with Crippen molar-refractivity contribution in [3.8, 4) is 5.75 Å². The molecule has 0 N–H and O–H groups in total. The molecular weight excluding hydrogens is 272 g/mol. The minimum absolute atomic E-state index is 0.0996. The molecule has 0 fully saturated rings. The maximum absolute atomic E-state index is 6.32. The summed E-state index contributed by atoms with van der Waals surface area (Å²) >= 11 is 6.32. The molecule has 0 aliphatic carbocycles. The van der Waals surface area contributed by atoms with Gasteiger partial charge in [-0.25, -0.2) is 4.98 Å². The summed E-state index contributed by atoms with van der Waals surface area (Å²) in [5.74, 6) is 1.80. The molecule has 1 aromatic carbocycles. The Morgan fingerprint density at radius 3 is 2.70 bits per heavy atom. The standard InChI is InChI=1S/C16H23ClN2O/c1-5-6-7-11(2)19-15-10-13(20-4)8-9-14(15)18-16(19)12(3)17/h8-12H,5-7H2,1-4H3. The molecule has 20 heavy (non-hydrogen) atoms. The molecule has 0 bridgehead atoms. The van der Waals surface area contributed by atoms with Gasteiger partial charge in [-0.05, 0) is 32.4 Å². The molecule has 2 unspecified atom stereocenters. The summed E-state index contributed by atoms with van der Waals surface area (Å²) < 4.78 is 7.60. The number of aromatic nitrogens is 2. The van der Waals surface area contributed by atoms with Gasteiger partial charge in [0.05, 0.1) is 23.5 Å². The molecule has 2 atom stereocenters. The lowest BCUT2D eigenvalue weighted by atomic mass is 10.1. The van der Waals surface area contributed by atoms with Crippen LogP contribution in [0.1, 0.15) is 57.3 Å². The third-order valence-electron chi connectivity index (χ3n) is 3.70. The molecular formula is C16H23ClN2O. The second-order valence-electron chi connectivity index (χ2n) is 5.30. The zero-order valence-electron chi connectivity index (χ0n) is 12.7. The van der Waals surface area contributed by atoms with Crippen molar-refractivity contribution in [2.24, 2.45) is 0 Å². The van der Waals surface area contributed by atoms with Crippen molar-refractivity contribution in [2.45, 2.75) is 51.5 Å². The van der Waals surface area contributed by atoms with Crippen LogP contribution >= 0.6 is 11.6 Å². The van der Waals surface area contributed by atoms with E-state index in [9.17, 15) is 0 Å². The number of ether oxygens (including phenoxy) is 1. The number of halogens is 1. The Labute approximate surface area is 125 Å². The predicted octanol–water partition coefficient (Wildman–Crippen LogP) is 5.10. The number of rotatable bonds is 6. The molecule has 3 nitrogen and oxygen atoms in total. The van der Waals surface area contributed by atoms with Crippen LogP contribution in [-0.2, 0) is 0 Å². The van der Waals surface area contributed by atoms with E-state index in [0.29, 0.717) is 6.04 Å². The first kappa shape index (κ1) is 15.2. The van der Waals surface area contributed by atoms with Crippen molar-refractivity contribution in [1.29, 1.82) is 0 Å². The smallest absolute Gasteiger partial charge is 0.127 e. The number of methoxy groups -OCH3 is 1. The number of nitrogens with zero attached hydrogens (tertiary/aromatic N) is 2.